The van der Waals surface area contributed by atoms with Crippen LogP contribution in [0.3, 0.4) is 0 Å². The molecule has 3 heterocycles. The molecule has 9 heteroatoms. The fourth-order valence-corrected chi connectivity index (χ4v) is 7.53. The van der Waals surface area contributed by atoms with Gasteiger partial charge in [0.1, 0.15) is 4.32 Å². The van der Waals surface area contributed by atoms with Gasteiger partial charge in [0.05, 0.1) is 40.3 Å². The van der Waals surface area contributed by atoms with Crippen LogP contribution in [0.4, 0.5) is 5.69 Å². The first kappa shape index (κ1) is 21.4. The number of thioether (sulfide) groups is 1. The minimum Gasteiger partial charge on any atom is -0.303 e. The van der Waals surface area contributed by atoms with Gasteiger partial charge in [-0.25, -0.2) is 8.42 Å². The molecule has 0 N–H and O–H groups in total. The van der Waals surface area contributed by atoms with Crippen LogP contribution < -0.4 is 4.90 Å². The number of anilines is 1. The fourth-order valence-electron chi connectivity index (χ4n) is 4.36. The van der Waals surface area contributed by atoms with Crippen molar-refractivity contribution in [2.24, 2.45) is 0 Å². The molecule has 0 radical (unpaired) electrons. The summed E-state index contributed by atoms with van der Waals surface area (Å²) < 4.78 is 24.2. The molecule has 2 amide bonds. The van der Waals surface area contributed by atoms with Crippen LogP contribution in [0.2, 0.25) is 0 Å². The highest BCUT2D eigenvalue weighted by Gasteiger charge is 2.46. The Hall–Kier alpha value is -2.49. The van der Waals surface area contributed by atoms with Crippen molar-refractivity contribution in [3.63, 3.8) is 0 Å². The second kappa shape index (κ2) is 7.83. The van der Waals surface area contributed by atoms with E-state index in [4.69, 9.17) is 12.2 Å². The zero-order valence-electron chi connectivity index (χ0n) is 17.3. The molecule has 32 heavy (non-hydrogen) atoms. The van der Waals surface area contributed by atoms with Crippen molar-refractivity contribution in [1.82, 2.24) is 4.90 Å². The number of benzene rings is 2. The molecule has 0 aliphatic carbocycles. The Balaban J connectivity index is 1.53. The number of hydrogen-bond acceptors (Lipinski definition) is 6. The summed E-state index contributed by atoms with van der Waals surface area (Å²) in [5.74, 6) is -0.664. The summed E-state index contributed by atoms with van der Waals surface area (Å²) in [4.78, 5) is 30.3. The lowest BCUT2D eigenvalue weighted by atomic mass is 10.1. The first-order valence-corrected chi connectivity index (χ1v) is 13.3. The normalized spacial score (nSPS) is 24.5. The Bertz CT molecular complexity index is 1300. The highest BCUT2D eigenvalue weighted by atomic mass is 32.2. The van der Waals surface area contributed by atoms with Gasteiger partial charge in [-0.3, -0.25) is 14.5 Å². The second-order valence-corrected chi connectivity index (χ2v) is 12.1. The smallest absolute Gasteiger partial charge is 0.267 e. The van der Waals surface area contributed by atoms with Gasteiger partial charge in [-0.1, -0.05) is 72.0 Å². The monoisotopic (exact) mass is 484 g/mol. The van der Waals surface area contributed by atoms with Gasteiger partial charge in [0.2, 0.25) is 0 Å². The van der Waals surface area contributed by atoms with Crippen LogP contribution in [0.15, 0.2) is 53.4 Å². The van der Waals surface area contributed by atoms with Crippen LogP contribution in [0, 0.1) is 6.92 Å². The molecule has 0 bridgehead atoms. The first-order valence-electron chi connectivity index (χ1n) is 10.2. The number of hydrogen-bond donors (Lipinski definition) is 0. The first-order chi connectivity index (χ1) is 15.2. The number of rotatable bonds is 3. The number of amides is 2. The molecule has 164 valence electrons. The number of aryl methyl sites for hydroxylation is 1. The predicted molar refractivity (Wildman–Crippen MR) is 130 cm³/mol. The maximum Gasteiger partial charge on any atom is 0.267 e. The van der Waals surface area contributed by atoms with Crippen LogP contribution in [-0.4, -0.2) is 47.0 Å². The van der Waals surface area contributed by atoms with Gasteiger partial charge in [0, 0.05) is 5.56 Å². The van der Waals surface area contributed by atoms with E-state index in [1.54, 1.807) is 4.90 Å². The Morgan fingerprint density at radius 3 is 2.47 bits per heavy atom. The van der Waals surface area contributed by atoms with Crippen molar-refractivity contribution in [2.75, 3.05) is 16.4 Å². The molecule has 5 rings (SSSR count). The maximum atomic E-state index is 13.5. The maximum absolute atomic E-state index is 13.5. The molecule has 2 fully saturated rings. The van der Waals surface area contributed by atoms with Gasteiger partial charge < -0.3 is 4.90 Å². The summed E-state index contributed by atoms with van der Waals surface area (Å²) >= 11 is 6.53. The minimum absolute atomic E-state index is 0.0483. The Labute approximate surface area is 196 Å². The molecule has 3 aliphatic rings. The lowest BCUT2D eigenvalue weighted by Gasteiger charge is -2.21. The van der Waals surface area contributed by atoms with Crippen LogP contribution in [0.25, 0.3) is 5.57 Å². The number of carbonyl (C=O) groups excluding carboxylic acids is 2. The Morgan fingerprint density at radius 1 is 1.06 bits per heavy atom. The van der Waals surface area contributed by atoms with Crippen molar-refractivity contribution >= 4 is 61.2 Å². The third kappa shape index (κ3) is 3.58. The zero-order valence-corrected chi connectivity index (χ0v) is 19.7. The molecule has 2 aromatic carbocycles. The number of fused-ring (bicyclic) bond motifs is 1. The summed E-state index contributed by atoms with van der Waals surface area (Å²) in [6.45, 7) is 2.40. The van der Waals surface area contributed by atoms with Gasteiger partial charge in [-0.2, -0.15) is 0 Å². The van der Waals surface area contributed by atoms with Crippen LogP contribution >= 0.6 is 24.0 Å². The topological polar surface area (TPSA) is 74.8 Å². The van der Waals surface area contributed by atoms with E-state index in [1.807, 2.05) is 55.5 Å². The second-order valence-electron chi connectivity index (χ2n) is 8.20. The average molecular weight is 485 g/mol. The van der Waals surface area contributed by atoms with E-state index in [0.29, 0.717) is 28.4 Å². The van der Waals surface area contributed by atoms with Crippen LogP contribution in [0.1, 0.15) is 23.1 Å². The van der Waals surface area contributed by atoms with Gasteiger partial charge in [0.25, 0.3) is 11.8 Å². The average Bonchev–Trinajstić information content (AvgIpc) is 3.35. The SMILES string of the molecule is Cc1ccc(CN2C(=O)/C(=C3\SC(=S)N([C@@H]4CCS(=O)(=O)C4)C3=O)c3ccccc32)cc1. The standard InChI is InChI=1S/C23H20N2O4S3/c1-14-6-8-15(9-7-14)12-24-18-5-3-2-4-17(18)19(21(24)26)20-22(27)25(23(30)31-20)16-10-11-32(28,29)13-16/h2-9,16H,10-13H2,1H3/b20-19-/t16-/m1/s1. The molecule has 2 saturated heterocycles. The largest absolute Gasteiger partial charge is 0.303 e. The van der Waals surface area contributed by atoms with Crippen molar-refractivity contribution in [3.05, 3.63) is 70.1 Å². The van der Waals surface area contributed by atoms with E-state index in [9.17, 15) is 18.0 Å². The zero-order chi connectivity index (χ0) is 22.6. The number of nitrogens with zero attached hydrogens (tertiary/aromatic N) is 2. The highest BCUT2D eigenvalue weighted by Crippen LogP contribution is 2.46. The summed E-state index contributed by atoms with van der Waals surface area (Å²) in [5.41, 5.74) is 3.92. The Morgan fingerprint density at radius 2 is 1.78 bits per heavy atom. The highest BCUT2D eigenvalue weighted by molar-refractivity contribution is 8.26. The lowest BCUT2D eigenvalue weighted by molar-refractivity contribution is -0.123. The van der Waals surface area contributed by atoms with E-state index in [0.717, 1.165) is 28.6 Å². The predicted octanol–water partition coefficient (Wildman–Crippen LogP) is 3.30. The number of carbonyl (C=O) groups is 2. The molecule has 1 atom stereocenters. The number of para-hydroxylation sites is 1. The summed E-state index contributed by atoms with van der Waals surface area (Å²) in [7, 11) is -3.18. The lowest BCUT2D eigenvalue weighted by Crippen LogP contribution is -2.39. The summed E-state index contributed by atoms with van der Waals surface area (Å²) in [6.07, 6.45) is 0.363. The summed E-state index contributed by atoms with van der Waals surface area (Å²) in [5, 5.41) is 0. The summed E-state index contributed by atoms with van der Waals surface area (Å²) in [6, 6.07) is 14.9. The van der Waals surface area contributed by atoms with Crippen LogP contribution in [0.5, 0.6) is 0 Å². The fraction of sp³-hybridized carbons (Fsp3) is 0.261. The molecule has 6 nitrogen and oxygen atoms in total. The van der Waals surface area contributed by atoms with Crippen molar-refractivity contribution in [2.45, 2.75) is 25.9 Å². The number of sulfone groups is 1. The van der Waals surface area contributed by atoms with E-state index < -0.39 is 15.9 Å². The molecular weight excluding hydrogens is 464 g/mol. The van der Waals surface area contributed by atoms with Crippen LogP contribution in [-0.2, 0) is 26.0 Å². The third-order valence-corrected chi connectivity index (χ3v) is 9.14. The molecule has 0 aromatic heterocycles. The molecule has 0 saturated carbocycles. The molecule has 2 aromatic rings. The van der Waals surface area contributed by atoms with E-state index in [2.05, 4.69) is 0 Å². The molecule has 0 spiro atoms. The van der Waals surface area contributed by atoms with Gasteiger partial charge >= 0.3 is 0 Å². The quantitative estimate of drug-likeness (QED) is 0.492. The van der Waals surface area contributed by atoms with E-state index >= 15 is 0 Å². The van der Waals surface area contributed by atoms with Gasteiger partial charge in [-0.05, 0) is 25.0 Å². The van der Waals surface area contributed by atoms with Crippen molar-refractivity contribution < 1.29 is 18.0 Å². The van der Waals surface area contributed by atoms with Gasteiger partial charge in [0.15, 0.2) is 9.84 Å². The Kier molecular flexibility index (Phi) is 5.22. The van der Waals surface area contributed by atoms with Crippen molar-refractivity contribution in [1.29, 1.82) is 0 Å². The van der Waals surface area contributed by atoms with Crippen molar-refractivity contribution in [3.8, 4) is 0 Å². The molecule has 0 unspecified atom stereocenters. The molecular formula is C23H20N2O4S3. The van der Waals surface area contributed by atoms with E-state index in [1.165, 1.54) is 4.90 Å². The van der Waals surface area contributed by atoms with E-state index in [-0.39, 0.29) is 28.2 Å². The molecule has 3 aliphatic heterocycles. The number of thiocarbonyl (C=S) groups is 1. The van der Waals surface area contributed by atoms with Gasteiger partial charge in [-0.15, -0.1) is 0 Å². The minimum atomic E-state index is -3.18. The third-order valence-electron chi connectivity index (χ3n) is 5.98.